The van der Waals surface area contributed by atoms with E-state index in [1.807, 2.05) is 0 Å². The minimum Gasteiger partial charge on any atom is -0.361 e. The standard InChI is InChI=1S/C14H16F3N3.2ClH/c15-14(16,17)13(20-7-5-18-6-8-20)11-1-2-12-10(9-11)3-4-19-12;;/h1-4,9,13,18-19H,5-8H2;2*1H/t13-;;/m0../s1. The summed E-state index contributed by atoms with van der Waals surface area (Å²) in [5.74, 6) is 0. The van der Waals surface area contributed by atoms with Crippen LogP contribution in [-0.4, -0.2) is 42.2 Å². The molecule has 1 atom stereocenters. The van der Waals surface area contributed by atoms with Crippen molar-refractivity contribution >= 4 is 35.7 Å². The van der Waals surface area contributed by atoms with E-state index in [-0.39, 0.29) is 24.8 Å². The van der Waals surface area contributed by atoms with E-state index in [9.17, 15) is 13.2 Å². The fraction of sp³-hybridized carbons (Fsp3) is 0.429. The van der Waals surface area contributed by atoms with E-state index in [0.717, 1.165) is 10.9 Å². The number of alkyl halides is 3. The van der Waals surface area contributed by atoms with Crippen molar-refractivity contribution in [2.24, 2.45) is 0 Å². The Hall–Kier alpha value is -0.950. The molecule has 1 saturated heterocycles. The Kier molecular flexibility index (Phi) is 6.55. The van der Waals surface area contributed by atoms with Crippen molar-refractivity contribution < 1.29 is 13.2 Å². The predicted octanol–water partition coefficient (Wildman–Crippen LogP) is 3.52. The van der Waals surface area contributed by atoms with E-state index in [2.05, 4.69) is 10.3 Å². The molecule has 22 heavy (non-hydrogen) atoms. The fourth-order valence-electron chi connectivity index (χ4n) is 2.79. The molecule has 1 aromatic heterocycles. The molecule has 1 aromatic carbocycles. The highest BCUT2D eigenvalue weighted by atomic mass is 35.5. The SMILES string of the molecule is Cl.Cl.FC(F)(F)[C@H](c1ccc2[nH]ccc2c1)N1CCNCC1. The van der Waals surface area contributed by atoms with Gasteiger partial charge in [-0.25, -0.2) is 0 Å². The molecule has 0 spiro atoms. The summed E-state index contributed by atoms with van der Waals surface area (Å²) in [6.07, 6.45) is -2.52. The Labute approximate surface area is 139 Å². The molecule has 0 radical (unpaired) electrons. The van der Waals surface area contributed by atoms with Gasteiger partial charge in [0.1, 0.15) is 6.04 Å². The first kappa shape index (κ1) is 19.1. The van der Waals surface area contributed by atoms with Crippen LogP contribution in [0.25, 0.3) is 10.9 Å². The Morgan fingerprint density at radius 3 is 2.36 bits per heavy atom. The van der Waals surface area contributed by atoms with Crippen molar-refractivity contribution in [2.45, 2.75) is 12.2 Å². The normalized spacial score (nSPS) is 17.6. The molecule has 2 aromatic rings. The number of aromatic amines is 1. The van der Waals surface area contributed by atoms with Gasteiger partial charge in [0.05, 0.1) is 0 Å². The molecule has 1 aliphatic rings. The van der Waals surface area contributed by atoms with Gasteiger partial charge < -0.3 is 10.3 Å². The molecule has 1 fully saturated rings. The number of rotatable bonds is 2. The second-order valence-electron chi connectivity index (χ2n) is 5.05. The Balaban J connectivity index is 0.00000121. The van der Waals surface area contributed by atoms with Crippen molar-refractivity contribution in [1.82, 2.24) is 15.2 Å². The minimum atomic E-state index is -4.26. The first-order chi connectivity index (χ1) is 9.55. The maximum absolute atomic E-state index is 13.4. The summed E-state index contributed by atoms with van der Waals surface area (Å²) in [6.45, 7) is 2.02. The lowest BCUT2D eigenvalue weighted by molar-refractivity contribution is -0.187. The summed E-state index contributed by atoms with van der Waals surface area (Å²) >= 11 is 0. The summed E-state index contributed by atoms with van der Waals surface area (Å²) in [4.78, 5) is 4.50. The van der Waals surface area contributed by atoms with E-state index < -0.39 is 12.2 Å². The van der Waals surface area contributed by atoms with Gasteiger partial charge in [-0.1, -0.05) is 6.07 Å². The second-order valence-corrected chi connectivity index (χ2v) is 5.05. The number of nitrogens with one attached hydrogen (secondary N) is 2. The van der Waals surface area contributed by atoms with E-state index in [1.165, 1.54) is 4.90 Å². The van der Waals surface area contributed by atoms with Crippen molar-refractivity contribution in [2.75, 3.05) is 26.2 Å². The monoisotopic (exact) mass is 355 g/mol. The molecule has 0 saturated carbocycles. The van der Waals surface area contributed by atoms with E-state index in [1.54, 1.807) is 30.5 Å². The summed E-state index contributed by atoms with van der Waals surface area (Å²) in [7, 11) is 0. The Morgan fingerprint density at radius 2 is 1.73 bits per heavy atom. The van der Waals surface area contributed by atoms with Gasteiger partial charge in [-0.15, -0.1) is 24.8 Å². The zero-order valence-electron chi connectivity index (χ0n) is 11.7. The molecule has 124 valence electrons. The molecule has 1 aliphatic heterocycles. The number of hydrogen-bond acceptors (Lipinski definition) is 2. The largest absolute Gasteiger partial charge is 0.408 e. The molecule has 3 rings (SSSR count). The van der Waals surface area contributed by atoms with Gasteiger partial charge in [-0.3, -0.25) is 4.90 Å². The lowest BCUT2D eigenvalue weighted by Gasteiger charge is -2.36. The van der Waals surface area contributed by atoms with Gasteiger partial charge in [0, 0.05) is 37.9 Å². The maximum atomic E-state index is 13.4. The topological polar surface area (TPSA) is 31.1 Å². The number of nitrogens with zero attached hydrogens (tertiary/aromatic N) is 1. The number of halogens is 5. The van der Waals surface area contributed by atoms with Crippen LogP contribution < -0.4 is 5.32 Å². The van der Waals surface area contributed by atoms with Crippen LogP contribution in [0.5, 0.6) is 0 Å². The number of hydrogen-bond donors (Lipinski definition) is 2. The third-order valence-electron chi connectivity index (χ3n) is 3.72. The van der Waals surface area contributed by atoms with Crippen LogP contribution in [0.1, 0.15) is 11.6 Å². The average molecular weight is 356 g/mol. The van der Waals surface area contributed by atoms with Crippen LogP contribution in [-0.2, 0) is 0 Å². The van der Waals surface area contributed by atoms with E-state index in [4.69, 9.17) is 0 Å². The Bertz CT molecular complexity index is 594. The highest BCUT2D eigenvalue weighted by molar-refractivity contribution is 5.85. The average Bonchev–Trinajstić information content (AvgIpc) is 2.86. The van der Waals surface area contributed by atoms with Crippen LogP contribution in [0, 0.1) is 0 Å². The number of piperazine rings is 1. The fourth-order valence-corrected chi connectivity index (χ4v) is 2.79. The van der Waals surface area contributed by atoms with E-state index >= 15 is 0 Å². The number of benzene rings is 1. The molecule has 0 unspecified atom stereocenters. The summed E-state index contributed by atoms with van der Waals surface area (Å²) in [5, 5.41) is 3.90. The number of fused-ring (bicyclic) bond motifs is 1. The molecule has 0 bridgehead atoms. The third kappa shape index (κ3) is 3.87. The second kappa shape index (κ2) is 7.55. The van der Waals surface area contributed by atoms with Gasteiger partial charge in [0.25, 0.3) is 0 Å². The number of H-pyrrole nitrogens is 1. The predicted molar refractivity (Wildman–Crippen MR) is 86.0 cm³/mol. The molecule has 8 heteroatoms. The lowest BCUT2D eigenvalue weighted by atomic mass is 10.0. The lowest BCUT2D eigenvalue weighted by Crippen LogP contribution is -2.49. The van der Waals surface area contributed by atoms with Crippen molar-refractivity contribution in [3.63, 3.8) is 0 Å². The van der Waals surface area contributed by atoms with Gasteiger partial charge in [-0.05, 0) is 29.1 Å². The zero-order chi connectivity index (χ0) is 14.2. The zero-order valence-corrected chi connectivity index (χ0v) is 13.3. The van der Waals surface area contributed by atoms with Crippen LogP contribution in [0.15, 0.2) is 30.5 Å². The quantitative estimate of drug-likeness (QED) is 0.863. The van der Waals surface area contributed by atoms with Crippen LogP contribution >= 0.6 is 24.8 Å². The summed E-state index contributed by atoms with van der Waals surface area (Å²) < 4.78 is 40.3. The molecular formula is C14H18Cl2F3N3. The first-order valence-electron chi connectivity index (χ1n) is 6.64. The first-order valence-corrected chi connectivity index (χ1v) is 6.64. The molecule has 0 amide bonds. The van der Waals surface area contributed by atoms with Crippen molar-refractivity contribution in [3.8, 4) is 0 Å². The van der Waals surface area contributed by atoms with Crippen LogP contribution in [0.3, 0.4) is 0 Å². The van der Waals surface area contributed by atoms with Gasteiger partial charge in [0.2, 0.25) is 0 Å². The highest BCUT2D eigenvalue weighted by Crippen LogP contribution is 2.38. The smallest absolute Gasteiger partial charge is 0.361 e. The molecule has 3 nitrogen and oxygen atoms in total. The van der Waals surface area contributed by atoms with E-state index in [0.29, 0.717) is 31.7 Å². The molecular weight excluding hydrogens is 338 g/mol. The van der Waals surface area contributed by atoms with Crippen LogP contribution in [0.2, 0.25) is 0 Å². The maximum Gasteiger partial charge on any atom is 0.408 e. The highest BCUT2D eigenvalue weighted by Gasteiger charge is 2.44. The molecule has 2 heterocycles. The van der Waals surface area contributed by atoms with Crippen LogP contribution in [0.4, 0.5) is 13.2 Å². The summed E-state index contributed by atoms with van der Waals surface area (Å²) in [5.41, 5.74) is 1.17. The van der Waals surface area contributed by atoms with Crippen molar-refractivity contribution in [1.29, 1.82) is 0 Å². The third-order valence-corrected chi connectivity index (χ3v) is 3.72. The van der Waals surface area contributed by atoms with Gasteiger partial charge in [-0.2, -0.15) is 13.2 Å². The van der Waals surface area contributed by atoms with Gasteiger partial charge in [0.15, 0.2) is 0 Å². The molecule has 0 aliphatic carbocycles. The minimum absolute atomic E-state index is 0. The van der Waals surface area contributed by atoms with Crippen molar-refractivity contribution in [3.05, 3.63) is 36.0 Å². The Morgan fingerprint density at radius 1 is 1.05 bits per heavy atom. The number of aromatic nitrogens is 1. The van der Waals surface area contributed by atoms with Gasteiger partial charge >= 0.3 is 6.18 Å². The summed E-state index contributed by atoms with van der Waals surface area (Å²) in [6, 6.07) is 5.18. The molecule has 2 N–H and O–H groups in total.